The van der Waals surface area contributed by atoms with Gasteiger partial charge in [0.1, 0.15) is 6.10 Å². The molecule has 84 valence electrons. The molecule has 1 fully saturated rings. The third kappa shape index (κ3) is 2.69. The summed E-state index contributed by atoms with van der Waals surface area (Å²) in [5.41, 5.74) is 1.23. The van der Waals surface area contributed by atoms with E-state index in [9.17, 15) is 9.59 Å². The average molecular weight is 218 g/mol. The molecule has 16 heavy (non-hydrogen) atoms. The highest BCUT2D eigenvalue weighted by atomic mass is 16.5. The van der Waals surface area contributed by atoms with E-state index in [2.05, 4.69) is 12.1 Å². The number of ether oxygens (including phenoxy) is 1. The smallest absolute Gasteiger partial charge is 0.374 e. The lowest BCUT2D eigenvalue weighted by Crippen LogP contribution is -2.31. The monoisotopic (exact) mass is 218 g/mol. The van der Waals surface area contributed by atoms with Gasteiger partial charge in [0.2, 0.25) is 5.78 Å². The fourth-order valence-electron chi connectivity index (χ4n) is 1.85. The molecule has 1 aromatic carbocycles. The maximum atomic E-state index is 11.0. The molecule has 2 rings (SSSR count). The van der Waals surface area contributed by atoms with Gasteiger partial charge in [0.05, 0.1) is 0 Å². The minimum Gasteiger partial charge on any atom is -0.457 e. The van der Waals surface area contributed by atoms with Crippen LogP contribution >= 0.6 is 0 Å². The van der Waals surface area contributed by atoms with Crippen molar-refractivity contribution in [2.45, 2.75) is 31.8 Å². The molecule has 1 aliphatic heterocycles. The van der Waals surface area contributed by atoms with E-state index < -0.39 is 11.8 Å². The second kappa shape index (κ2) is 4.92. The fourth-order valence-corrected chi connectivity index (χ4v) is 1.85. The maximum Gasteiger partial charge on any atom is 0.374 e. The van der Waals surface area contributed by atoms with Gasteiger partial charge in [-0.25, -0.2) is 4.79 Å². The number of hydrogen-bond acceptors (Lipinski definition) is 3. The van der Waals surface area contributed by atoms with Crippen molar-refractivity contribution < 1.29 is 14.3 Å². The van der Waals surface area contributed by atoms with Gasteiger partial charge in [-0.1, -0.05) is 30.3 Å². The zero-order valence-electron chi connectivity index (χ0n) is 9.02. The Morgan fingerprint density at radius 2 is 1.94 bits per heavy atom. The van der Waals surface area contributed by atoms with Crippen molar-refractivity contribution in [2.24, 2.45) is 0 Å². The first kappa shape index (κ1) is 10.9. The van der Waals surface area contributed by atoms with Crippen LogP contribution in [0.4, 0.5) is 0 Å². The molecule has 0 radical (unpaired) electrons. The van der Waals surface area contributed by atoms with Crippen molar-refractivity contribution >= 4 is 11.8 Å². The van der Waals surface area contributed by atoms with Crippen molar-refractivity contribution in [1.82, 2.24) is 0 Å². The van der Waals surface area contributed by atoms with Gasteiger partial charge in [0, 0.05) is 6.42 Å². The molecular formula is C13H14O3. The molecule has 3 heteroatoms. The zero-order valence-corrected chi connectivity index (χ0v) is 9.02. The van der Waals surface area contributed by atoms with Gasteiger partial charge in [-0.3, -0.25) is 4.79 Å². The molecule has 0 saturated carbocycles. The molecule has 0 spiro atoms. The van der Waals surface area contributed by atoms with Gasteiger partial charge in [-0.15, -0.1) is 0 Å². The number of Topliss-reactive ketones (excluding diaryl/α,β-unsaturated/α-hetero) is 1. The Kier molecular flexibility index (Phi) is 3.34. The third-order valence-corrected chi connectivity index (χ3v) is 2.79. The van der Waals surface area contributed by atoms with Crippen LogP contribution in [0.15, 0.2) is 30.3 Å². The van der Waals surface area contributed by atoms with Crippen molar-refractivity contribution in [1.29, 1.82) is 0 Å². The summed E-state index contributed by atoms with van der Waals surface area (Å²) in [4.78, 5) is 22.0. The van der Waals surface area contributed by atoms with Crippen LogP contribution in [0, 0.1) is 0 Å². The van der Waals surface area contributed by atoms with Crippen LogP contribution in [0.2, 0.25) is 0 Å². The number of ketones is 1. The number of esters is 1. The topological polar surface area (TPSA) is 43.4 Å². The van der Waals surface area contributed by atoms with Crippen LogP contribution in [0.3, 0.4) is 0 Å². The van der Waals surface area contributed by atoms with Gasteiger partial charge in [0.15, 0.2) is 0 Å². The van der Waals surface area contributed by atoms with E-state index in [-0.39, 0.29) is 6.10 Å². The summed E-state index contributed by atoms with van der Waals surface area (Å²) >= 11 is 0. The highest BCUT2D eigenvalue weighted by Crippen LogP contribution is 2.17. The Bertz CT molecular complexity index is 383. The van der Waals surface area contributed by atoms with Crippen molar-refractivity contribution in [3.63, 3.8) is 0 Å². The van der Waals surface area contributed by atoms with Gasteiger partial charge in [0.25, 0.3) is 0 Å². The molecule has 1 heterocycles. The van der Waals surface area contributed by atoms with E-state index in [1.165, 1.54) is 5.56 Å². The molecule has 1 unspecified atom stereocenters. The normalized spacial score (nSPS) is 20.6. The number of benzene rings is 1. The summed E-state index contributed by atoms with van der Waals surface area (Å²) in [6.07, 6.45) is 2.58. The van der Waals surface area contributed by atoms with E-state index in [0.29, 0.717) is 12.8 Å². The summed E-state index contributed by atoms with van der Waals surface area (Å²) in [7, 11) is 0. The first-order valence-electron chi connectivity index (χ1n) is 5.53. The van der Waals surface area contributed by atoms with E-state index in [0.717, 1.165) is 12.8 Å². The lowest BCUT2D eigenvalue weighted by molar-refractivity contribution is -0.163. The first-order valence-corrected chi connectivity index (χ1v) is 5.53. The molecule has 1 aliphatic rings. The molecule has 0 aromatic heterocycles. The molecule has 1 atom stereocenters. The largest absolute Gasteiger partial charge is 0.457 e. The first-order chi connectivity index (χ1) is 7.75. The summed E-state index contributed by atoms with van der Waals surface area (Å²) in [5, 5.41) is 0. The molecule has 0 bridgehead atoms. The molecule has 1 aromatic rings. The second-order valence-corrected chi connectivity index (χ2v) is 4.01. The maximum absolute atomic E-state index is 11.0. The number of carbonyl (C=O) groups excluding carboxylic acids is 2. The molecule has 1 saturated heterocycles. The van der Waals surface area contributed by atoms with Crippen LogP contribution in [-0.2, 0) is 20.7 Å². The standard InChI is InChI=1S/C13H14O3/c14-12-9-8-11(16-13(12)15)7-6-10-4-2-1-3-5-10/h1-5,11H,6-9H2. The van der Waals surface area contributed by atoms with Gasteiger partial charge < -0.3 is 4.74 Å². The second-order valence-electron chi connectivity index (χ2n) is 4.01. The lowest BCUT2D eigenvalue weighted by Gasteiger charge is -2.21. The SMILES string of the molecule is O=C1CCC(CCc2ccccc2)OC1=O. The highest BCUT2D eigenvalue weighted by Gasteiger charge is 2.27. The van der Waals surface area contributed by atoms with Crippen LogP contribution in [-0.4, -0.2) is 17.9 Å². The predicted octanol–water partition coefficient (Wildman–Crippen LogP) is 1.89. The van der Waals surface area contributed by atoms with Crippen LogP contribution in [0.25, 0.3) is 0 Å². The Hall–Kier alpha value is -1.64. The average Bonchev–Trinajstić information content (AvgIpc) is 2.32. The third-order valence-electron chi connectivity index (χ3n) is 2.79. The van der Waals surface area contributed by atoms with Crippen molar-refractivity contribution in [3.05, 3.63) is 35.9 Å². The molecule has 3 nitrogen and oxygen atoms in total. The number of aryl methyl sites for hydroxylation is 1. The minimum atomic E-state index is -0.663. The summed E-state index contributed by atoms with van der Waals surface area (Å²) in [6.45, 7) is 0. The Morgan fingerprint density at radius 3 is 2.62 bits per heavy atom. The Labute approximate surface area is 94.4 Å². The van der Waals surface area contributed by atoms with Crippen molar-refractivity contribution in [2.75, 3.05) is 0 Å². The highest BCUT2D eigenvalue weighted by molar-refractivity contribution is 6.34. The fraction of sp³-hybridized carbons (Fsp3) is 0.385. The molecule has 0 amide bonds. The number of rotatable bonds is 3. The van der Waals surface area contributed by atoms with Crippen LogP contribution in [0.5, 0.6) is 0 Å². The van der Waals surface area contributed by atoms with Gasteiger partial charge in [-0.05, 0) is 24.8 Å². The molecule has 0 aliphatic carbocycles. The Balaban J connectivity index is 1.83. The predicted molar refractivity (Wildman–Crippen MR) is 58.9 cm³/mol. The molecule has 0 N–H and O–H groups in total. The van der Waals surface area contributed by atoms with E-state index in [1.54, 1.807) is 0 Å². The summed E-state index contributed by atoms with van der Waals surface area (Å²) in [6, 6.07) is 10.1. The minimum absolute atomic E-state index is 0.0922. The van der Waals surface area contributed by atoms with Crippen LogP contribution in [0.1, 0.15) is 24.8 Å². The van der Waals surface area contributed by atoms with E-state index in [4.69, 9.17) is 4.74 Å². The summed E-state index contributed by atoms with van der Waals surface area (Å²) < 4.78 is 5.03. The number of cyclic esters (lactones) is 1. The van der Waals surface area contributed by atoms with Crippen molar-refractivity contribution in [3.8, 4) is 0 Å². The van der Waals surface area contributed by atoms with Gasteiger partial charge >= 0.3 is 5.97 Å². The van der Waals surface area contributed by atoms with E-state index >= 15 is 0 Å². The Morgan fingerprint density at radius 1 is 1.19 bits per heavy atom. The van der Waals surface area contributed by atoms with Crippen LogP contribution < -0.4 is 0 Å². The lowest BCUT2D eigenvalue weighted by atomic mass is 10.0. The zero-order chi connectivity index (χ0) is 11.4. The summed E-state index contributed by atoms with van der Waals surface area (Å²) in [5.74, 6) is -1.06. The number of hydrogen-bond donors (Lipinski definition) is 0. The van der Waals surface area contributed by atoms with E-state index in [1.807, 2.05) is 18.2 Å². The quantitative estimate of drug-likeness (QED) is 0.574. The molecular weight excluding hydrogens is 204 g/mol. The number of carbonyl (C=O) groups is 2. The van der Waals surface area contributed by atoms with Gasteiger partial charge in [-0.2, -0.15) is 0 Å².